The van der Waals surface area contributed by atoms with E-state index in [2.05, 4.69) is 38.0 Å². The average Bonchev–Trinajstić information content (AvgIpc) is 3.22. The zero-order valence-corrected chi connectivity index (χ0v) is 17.8. The summed E-state index contributed by atoms with van der Waals surface area (Å²) in [5.74, 6) is 0.911. The van der Waals surface area contributed by atoms with Gasteiger partial charge in [-0.25, -0.2) is 0 Å². The van der Waals surface area contributed by atoms with Gasteiger partial charge in [-0.1, -0.05) is 28.1 Å². The fourth-order valence-electron chi connectivity index (χ4n) is 2.56. The van der Waals surface area contributed by atoms with Crippen LogP contribution >= 0.6 is 27.3 Å². The Morgan fingerprint density at radius 1 is 1.07 bits per heavy atom. The normalized spacial score (nSPS) is 10.5. The van der Waals surface area contributed by atoms with Gasteiger partial charge in [0, 0.05) is 28.1 Å². The summed E-state index contributed by atoms with van der Waals surface area (Å²) in [6, 6.07) is 17.2. The van der Waals surface area contributed by atoms with E-state index in [0.29, 0.717) is 11.5 Å². The van der Waals surface area contributed by atoms with Crippen molar-refractivity contribution in [2.75, 3.05) is 19.0 Å². The van der Waals surface area contributed by atoms with E-state index in [0.717, 1.165) is 28.8 Å². The number of hydrogen-bond donors (Lipinski definition) is 2. The lowest BCUT2D eigenvalue weighted by Crippen LogP contribution is -2.20. The molecule has 1 amide bonds. The molecule has 2 aromatic carbocycles. The van der Waals surface area contributed by atoms with Crippen LogP contribution in [0, 0.1) is 0 Å². The molecule has 0 radical (unpaired) electrons. The van der Waals surface area contributed by atoms with Crippen molar-refractivity contribution >= 4 is 38.9 Å². The predicted octanol–water partition coefficient (Wildman–Crippen LogP) is 4.83. The zero-order valence-electron chi connectivity index (χ0n) is 15.4. The van der Waals surface area contributed by atoms with Crippen molar-refractivity contribution in [1.82, 2.24) is 5.32 Å². The van der Waals surface area contributed by atoms with Gasteiger partial charge in [0.25, 0.3) is 5.91 Å². The van der Waals surface area contributed by atoms with Crippen LogP contribution < -0.4 is 20.1 Å². The Labute approximate surface area is 176 Å². The number of ether oxygens (including phenoxy) is 2. The summed E-state index contributed by atoms with van der Waals surface area (Å²) in [4.78, 5) is 13.4. The molecule has 2 N–H and O–H groups in total. The molecule has 0 aliphatic carbocycles. The van der Waals surface area contributed by atoms with Gasteiger partial charge >= 0.3 is 0 Å². The number of nitrogens with one attached hydrogen (secondary N) is 2. The first-order chi connectivity index (χ1) is 13.6. The Morgan fingerprint density at radius 3 is 2.61 bits per heavy atom. The third-order valence-electron chi connectivity index (χ3n) is 3.92. The number of amides is 1. The average molecular weight is 461 g/mol. The summed E-state index contributed by atoms with van der Waals surface area (Å²) in [5, 5.41) is 8.27. The predicted molar refractivity (Wildman–Crippen MR) is 116 cm³/mol. The van der Waals surface area contributed by atoms with Crippen molar-refractivity contribution in [2.45, 2.75) is 13.1 Å². The van der Waals surface area contributed by atoms with Gasteiger partial charge in [-0.05, 0) is 53.4 Å². The van der Waals surface area contributed by atoms with Gasteiger partial charge < -0.3 is 20.1 Å². The maximum atomic E-state index is 12.1. The van der Waals surface area contributed by atoms with Crippen LogP contribution in [-0.4, -0.2) is 19.6 Å². The van der Waals surface area contributed by atoms with Crippen LogP contribution in [0.5, 0.6) is 11.5 Å². The molecule has 3 rings (SSSR count). The lowest BCUT2D eigenvalue weighted by atomic mass is 10.2. The van der Waals surface area contributed by atoms with Gasteiger partial charge in [0.1, 0.15) is 0 Å². The molecule has 0 fully saturated rings. The minimum absolute atomic E-state index is 0.0948. The number of rotatable bonds is 9. The number of benzene rings is 2. The van der Waals surface area contributed by atoms with Crippen LogP contribution in [0.25, 0.3) is 0 Å². The van der Waals surface area contributed by atoms with Crippen molar-refractivity contribution in [1.29, 1.82) is 0 Å². The molecule has 3 aromatic rings. The van der Waals surface area contributed by atoms with Gasteiger partial charge in [0.05, 0.1) is 7.11 Å². The van der Waals surface area contributed by atoms with Crippen molar-refractivity contribution in [3.8, 4) is 11.5 Å². The van der Waals surface area contributed by atoms with Crippen molar-refractivity contribution in [3.63, 3.8) is 0 Å². The van der Waals surface area contributed by atoms with Crippen LogP contribution in [-0.2, 0) is 17.9 Å². The fraction of sp³-hybridized carbons (Fsp3) is 0.190. The summed E-state index contributed by atoms with van der Waals surface area (Å²) >= 11 is 5.10. The Morgan fingerprint density at radius 2 is 1.89 bits per heavy atom. The highest BCUT2D eigenvalue weighted by Crippen LogP contribution is 2.28. The van der Waals surface area contributed by atoms with Crippen molar-refractivity contribution < 1.29 is 14.3 Å². The summed E-state index contributed by atoms with van der Waals surface area (Å²) in [6.07, 6.45) is 0. The number of methoxy groups -OCH3 is 1. The van der Waals surface area contributed by atoms with Crippen molar-refractivity contribution in [2.24, 2.45) is 0 Å². The van der Waals surface area contributed by atoms with Gasteiger partial charge in [0.2, 0.25) is 0 Å². The molecule has 7 heteroatoms. The Bertz CT molecular complexity index is 899. The molecule has 0 bridgehead atoms. The maximum absolute atomic E-state index is 12.1. The SMILES string of the molecule is COc1cc(CNCc2cccs2)ccc1OCC(=O)Nc1ccc(Br)cc1. The molecule has 0 saturated carbocycles. The fourth-order valence-corrected chi connectivity index (χ4v) is 3.50. The highest BCUT2D eigenvalue weighted by molar-refractivity contribution is 9.10. The number of carbonyl (C=O) groups is 1. The van der Waals surface area contributed by atoms with E-state index >= 15 is 0 Å². The Kier molecular flexibility index (Phi) is 7.47. The minimum atomic E-state index is -0.230. The molecule has 0 saturated heterocycles. The highest BCUT2D eigenvalue weighted by Gasteiger charge is 2.09. The molecular weight excluding hydrogens is 440 g/mol. The van der Waals surface area contributed by atoms with Gasteiger partial charge in [-0.15, -0.1) is 11.3 Å². The molecular formula is C21H21BrN2O3S. The van der Waals surface area contributed by atoms with Crippen LogP contribution in [0.4, 0.5) is 5.69 Å². The second kappa shape index (κ2) is 10.3. The summed E-state index contributed by atoms with van der Waals surface area (Å²) in [6.45, 7) is 1.45. The van der Waals surface area contributed by atoms with E-state index in [1.165, 1.54) is 4.88 Å². The lowest BCUT2D eigenvalue weighted by Gasteiger charge is -2.13. The summed E-state index contributed by atoms with van der Waals surface area (Å²) < 4.78 is 12.0. The molecule has 0 spiro atoms. The highest BCUT2D eigenvalue weighted by atomic mass is 79.9. The number of hydrogen-bond acceptors (Lipinski definition) is 5. The van der Waals surface area contributed by atoms with Gasteiger partial charge in [-0.2, -0.15) is 0 Å². The number of anilines is 1. The second-order valence-electron chi connectivity index (χ2n) is 6.01. The Balaban J connectivity index is 1.51. The summed E-state index contributed by atoms with van der Waals surface area (Å²) in [7, 11) is 1.59. The zero-order chi connectivity index (χ0) is 19.8. The van der Waals surface area contributed by atoms with E-state index in [9.17, 15) is 4.79 Å². The number of carbonyl (C=O) groups excluding carboxylic acids is 1. The van der Waals surface area contributed by atoms with E-state index in [-0.39, 0.29) is 12.5 Å². The molecule has 5 nitrogen and oxygen atoms in total. The summed E-state index contributed by atoms with van der Waals surface area (Å²) in [5.41, 5.74) is 1.80. The number of halogens is 1. The third kappa shape index (κ3) is 6.09. The molecule has 1 aromatic heterocycles. The van der Waals surface area contributed by atoms with Gasteiger partial charge in [0.15, 0.2) is 18.1 Å². The molecule has 0 aliphatic rings. The van der Waals surface area contributed by atoms with Gasteiger partial charge in [-0.3, -0.25) is 4.79 Å². The first-order valence-corrected chi connectivity index (χ1v) is 10.4. The van der Waals surface area contributed by atoms with E-state index < -0.39 is 0 Å². The quantitative estimate of drug-likeness (QED) is 0.480. The van der Waals surface area contributed by atoms with E-state index in [4.69, 9.17) is 9.47 Å². The second-order valence-corrected chi connectivity index (χ2v) is 7.96. The largest absolute Gasteiger partial charge is 0.493 e. The van der Waals surface area contributed by atoms with Crippen LogP contribution in [0.3, 0.4) is 0 Å². The minimum Gasteiger partial charge on any atom is -0.493 e. The standard InChI is InChI=1S/C21H21BrN2O3S/c1-26-20-11-15(12-23-13-18-3-2-10-28-18)4-9-19(20)27-14-21(25)24-17-7-5-16(22)6-8-17/h2-11,23H,12-14H2,1H3,(H,24,25). The first kappa shape index (κ1) is 20.4. The van der Waals surface area contributed by atoms with Crippen molar-refractivity contribution in [3.05, 3.63) is 74.9 Å². The smallest absolute Gasteiger partial charge is 0.262 e. The Hall–Kier alpha value is -2.35. The van der Waals surface area contributed by atoms with E-state index in [1.807, 2.05) is 48.5 Å². The van der Waals surface area contributed by atoms with Crippen LogP contribution in [0.15, 0.2) is 64.5 Å². The lowest BCUT2D eigenvalue weighted by molar-refractivity contribution is -0.118. The molecule has 0 atom stereocenters. The third-order valence-corrected chi connectivity index (χ3v) is 5.33. The number of thiophene rings is 1. The first-order valence-electron chi connectivity index (χ1n) is 8.72. The molecule has 1 heterocycles. The molecule has 0 aliphatic heterocycles. The molecule has 0 unspecified atom stereocenters. The van der Waals surface area contributed by atoms with E-state index in [1.54, 1.807) is 18.4 Å². The maximum Gasteiger partial charge on any atom is 0.262 e. The molecule has 146 valence electrons. The van der Waals surface area contributed by atoms with Crippen LogP contribution in [0.2, 0.25) is 0 Å². The van der Waals surface area contributed by atoms with Crippen LogP contribution in [0.1, 0.15) is 10.4 Å². The monoisotopic (exact) mass is 460 g/mol. The molecule has 28 heavy (non-hydrogen) atoms. The topological polar surface area (TPSA) is 59.6 Å².